The van der Waals surface area contributed by atoms with Gasteiger partial charge in [-0.15, -0.1) is 0 Å². The number of aryl methyl sites for hydroxylation is 1. The number of anilines is 1. The number of hydrogen-bond donors (Lipinski definition) is 1. The first-order valence-corrected chi connectivity index (χ1v) is 12.7. The number of amides is 1. The Kier molecular flexibility index (Phi) is 6.86. The molecule has 0 atom stereocenters. The predicted octanol–water partition coefficient (Wildman–Crippen LogP) is 4.96. The van der Waals surface area contributed by atoms with Crippen molar-refractivity contribution >= 4 is 32.6 Å². The lowest BCUT2D eigenvalue weighted by molar-refractivity contribution is 0.0997. The largest absolute Gasteiger partial charge is 0.497 e. The number of carbonyl (C=O) groups excluding carboxylic acids is 1. The second-order valence-corrected chi connectivity index (χ2v) is 10.5. The Morgan fingerprint density at radius 1 is 1.06 bits per heavy atom. The number of sulfonamides is 1. The molecule has 0 bridgehead atoms. The molecule has 182 valence electrons. The molecule has 1 aliphatic rings. The molecule has 1 N–H and O–H groups in total. The summed E-state index contributed by atoms with van der Waals surface area (Å²) in [6.45, 7) is 1.74. The molecule has 1 saturated carbocycles. The van der Waals surface area contributed by atoms with Crippen LogP contribution in [0.3, 0.4) is 0 Å². The number of nitrogens with one attached hydrogen (secondary N) is 1. The minimum Gasteiger partial charge on any atom is -0.497 e. The van der Waals surface area contributed by atoms with Crippen molar-refractivity contribution in [2.24, 2.45) is 0 Å². The van der Waals surface area contributed by atoms with Crippen molar-refractivity contribution in [2.45, 2.75) is 50.0 Å². The van der Waals surface area contributed by atoms with E-state index >= 15 is 0 Å². The Morgan fingerprint density at radius 3 is 2.47 bits per heavy atom. The van der Waals surface area contributed by atoms with E-state index in [0.717, 1.165) is 32.1 Å². The molecule has 0 aliphatic heterocycles. The molecule has 8 nitrogen and oxygen atoms in total. The summed E-state index contributed by atoms with van der Waals surface area (Å²) in [7, 11) is 1.04. The highest BCUT2D eigenvalue weighted by Gasteiger charge is 2.30. The topological polar surface area (TPSA) is 98.1 Å². The zero-order chi connectivity index (χ0) is 24.5. The highest BCUT2D eigenvalue weighted by molar-refractivity contribution is 7.89. The van der Waals surface area contributed by atoms with E-state index < -0.39 is 15.9 Å². The van der Waals surface area contributed by atoms with Gasteiger partial charge in [-0.1, -0.05) is 19.3 Å². The summed E-state index contributed by atoms with van der Waals surface area (Å²) in [6, 6.07) is 9.81. The first-order chi connectivity index (χ1) is 16.3. The van der Waals surface area contributed by atoms with Gasteiger partial charge in [0.05, 0.1) is 24.8 Å². The molecule has 1 heterocycles. The van der Waals surface area contributed by atoms with Gasteiger partial charge in [0.15, 0.2) is 5.76 Å². The van der Waals surface area contributed by atoms with Crippen molar-refractivity contribution in [3.8, 4) is 11.5 Å². The van der Waals surface area contributed by atoms with Crippen molar-refractivity contribution < 1.29 is 27.1 Å². The average Bonchev–Trinajstić information content (AvgIpc) is 3.20. The highest BCUT2D eigenvalue weighted by atomic mass is 32.2. The maximum absolute atomic E-state index is 13.3. The highest BCUT2D eigenvalue weighted by Crippen LogP contribution is 2.33. The zero-order valence-corrected chi connectivity index (χ0v) is 20.7. The van der Waals surface area contributed by atoms with Crippen LogP contribution in [0.25, 0.3) is 11.0 Å². The van der Waals surface area contributed by atoms with Crippen LogP contribution in [-0.4, -0.2) is 45.9 Å². The third kappa shape index (κ3) is 4.50. The third-order valence-electron chi connectivity index (χ3n) is 6.54. The fourth-order valence-corrected chi connectivity index (χ4v) is 5.91. The van der Waals surface area contributed by atoms with Gasteiger partial charge in [0.2, 0.25) is 10.0 Å². The van der Waals surface area contributed by atoms with Crippen LogP contribution in [0.15, 0.2) is 45.7 Å². The molecule has 0 spiro atoms. The summed E-state index contributed by atoms with van der Waals surface area (Å²) < 4.78 is 44.4. The minimum absolute atomic E-state index is 0.0145. The lowest BCUT2D eigenvalue weighted by Crippen LogP contribution is -2.38. The number of nitrogens with zero attached hydrogens (tertiary/aromatic N) is 1. The van der Waals surface area contributed by atoms with Crippen LogP contribution < -0.4 is 14.8 Å². The average molecular weight is 487 g/mol. The van der Waals surface area contributed by atoms with Crippen molar-refractivity contribution in [3.05, 3.63) is 47.7 Å². The maximum Gasteiger partial charge on any atom is 0.291 e. The van der Waals surface area contributed by atoms with E-state index in [9.17, 15) is 13.2 Å². The fraction of sp³-hybridized carbons (Fsp3) is 0.400. The van der Waals surface area contributed by atoms with Crippen LogP contribution in [0.4, 0.5) is 5.69 Å². The number of methoxy groups -OCH3 is 2. The first-order valence-electron chi connectivity index (χ1n) is 11.3. The monoisotopic (exact) mass is 486 g/mol. The van der Waals surface area contributed by atoms with Gasteiger partial charge < -0.3 is 19.2 Å². The first kappa shape index (κ1) is 24.1. The smallest absolute Gasteiger partial charge is 0.291 e. The molecule has 2 aromatic carbocycles. The van der Waals surface area contributed by atoms with E-state index in [1.807, 2.05) is 0 Å². The van der Waals surface area contributed by atoms with E-state index in [1.54, 1.807) is 51.4 Å². The number of carbonyl (C=O) groups is 1. The Balaban J connectivity index is 1.63. The fourth-order valence-electron chi connectivity index (χ4n) is 4.47. The van der Waals surface area contributed by atoms with Crippen molar-refractivity contribution in [1.82, 2.24) is 4.31 Å². The van der Waals surface area contributed by atoms with Gasteiger partial charge in [-0.05, 0) is 50.1 Å². The van der Waals surface area contributed by atoms with Gasteiger partial charge in [-0.25, -0.2) is 8.42 Å². The summed E-state index contributed by atoms with van der Waals surface area (Å²) in [5.41, 5.74) is 1.48. The molecule has 1 aromatic heterocycles. The predicted molar refractivity (Wildman–Crippen MR) is 130 cm³/mol. The lowest BCUT2D eigenvalue weighted by atomic mass is 9.96. The summed E-state index contributed by atoms with van der Waals surface area (Å²) in [5.74, 6) is 0.700. The number of ether oxygens (including phenoxy) is 2. The molecule has 3 aromatic rings. The number of benzene rings is 2. The Bertz CT molecular complexity index is 1310. The van der Waals surface area contributed by atoms with Crippen LogP contribution in [0, 0.1) is 6.92 Å². The maximum atomic E-state index is 13.3. The van der Waals surface area contributed by atoms with Gasteiger partial charge in [0.1, 0.15) is 17.1 Å². The van der Waals surface area contributed by atoms with Gasteiger partial charge in [-0.2, -0.15) is 4.31 Å². The second-order valence-electron chi connectivity index (χ2n) is 8.55. The summed E-state index contributed by atoms with van der Waals surface area (Å²) in [6.07, 6.45) is 4.99. The van der Waals surface area contributed by atoms with E-state index in [1.165, 1.54) is 17.5 Å². The second kappa shape index (κ2) is 9.68. The van der Waals surface area contributed by atoms with E-state index in [-0.39, 0.29) is 16.7 Å². The molecular weight excluding hydrogens is 456 g/mol. The molecule has 1 fully saturated rings. The van der Waals surface area contributed by atoms with Gasteiger partial charge in [0.25, 0.3) is 5.91 Å². The van der Waals surface area contributed by atoms with Crippen LogP contribution in [0.1, 0.15) is 48.2 Å². The summed E-state index contributed by atoms with van der Waals surface area (Å²) in [4.78, 5) is 13.2. The van der Waals surface area contributed by atoms with Gasteiger partial charge >= 0.3 is 0 Å². The third-order valence-corrected chi connectivity index (χ3v) is 8.44. The van der Waals surface area contributed by atoms with Crippen LogP contribution in [-0.2, 0) is 10.0 Å². The Labute approximate surface area is 199 Å². The summed E-state index contributed by atoms with van der Waals surface area (Å²) >= 11 is 0. The number of rotatable bonds is 7. The SMILES string of the molecule is COc1ccc(NC(=O)c2oc3ccc(S(=O)(=O)N(C)C4CCCCC4)cc3c2C)c(OC)c1. The number of fused-ring (bicyclic) bond motifs is 1. The van der Waals surface area contributed by atoms with Gasteiger partial charge in [0, 0.05) is 30.1 Å². The van der Waals surface area contributed by atoms with Crippen molar-refractivity contribution in [1.29, 1.82) is 0 Å². The van der Waals surface area contributed by atoms with E-state index in [2.05, 4.69) is 5.32 Å². The molecule has 1 amide bonds. The number of hydrogen-bond acceptors (Lipinski definition) is 6. The molecule has 4 rings (SSSR count). The molecule has 1 aliphatic carbocycles. The van der Waals surface area contributed by atoms with E-state index in [0.29, 0.717) is 33.7 Å². The summed E-state index contributed by atoms with van der Waals surface area (Å²) in [5, 5.41) is 3.39. The van der Waals surface area contributed by atoms with Crippen molar-refractivity contribution in [3.63, 3.8) is 0 Å². The quantitative estimate of drug-likeness (QED) is 0.507. The molecule has 0 unspecified atom stereocenters. The molecular formula is C25H30N2O6S. The molecule has 0 saturated heterocycles. The molecule has 0 radical (unpaired) electrons. The minimum atomic E-state index is -3.66. The zero-order valence-electron chi connectivity index (χ0n) is 19.9. The van der Waals surface area contributed by atoms with Gasteiger partial charge in [-0.3, -0.25) is 4.79 Å². The molecule has 9 heteroatoms. The normalized spacial score (nSPS) is 15.0. The Morgan fingerprint density at radius 2 is 1.79 bits per heavy atom. The van der Waals surface area contributed by atoms with Crippen LogP contribution >= 0.6 is 0 Å². The van der Waals surface area contributed by atoms with Crippen molar-refractivity contribution in [2.75, 3.05) is 26.6 Å². The Hall–Kier alpha value is -3.04. The van der Waals surface area contributed by atoms with Crippen LogP contribution in [0.2, 0.25) is 0 Å². The lowest BCUT2D eigenvalue weighted by Gasteiger charge is -2.30. The van der Waals surface area contributed by atoms with Crippen LogP contribution in [0.5, 0.6) is 11.5 Å². The molecule has 34 heavy (non-hydrogen) atoms. The van der Waals surface area contributed by atoms with E-state index in [4.69, 9.17) is 13.9 Å². The number of furan rings is 1. The standard InChI is InChI=1S/C25H30N2O6S/c1-16-20-15-19(34(29,30)27(2)17-8-6-5-7-9-17)11-13-22(20)33-24(16)25(28)26-21-12-10-18(31-3)14-23(21)32-4/h10-15,17H,5-9H2,1-4H3,(H,26,28).